The van der Waals surface area contributed by atoms with Gasteiger partial charge in [0.25, 0.3) is 0 Å². The van der Waals surface area contributed by atoms with Gasteiger partial charge in [0, 0.05) is 43.5 Å². The third kappa shape index (κ3) is 3.42. The molecule has 0 radical (unpaired) electrons. The van der Waals surface area contributed by atoms with Crippen LogP contribution in [-0.2, 0) is 24.2 Å². The fraction of sp³-hybridized carbons (Fsp3) is 0.450. The molecule has 5 heteroatoms. The zero-order valence-electron chi connectivity index (χ0n) is 14.7. The molecular formula is C20H24N4O. The number of nitrogens with zero attached hydrogens (tertiary/aromatic N) is 3. The number of carbonyl (C=O) groups is 1. The predicted molar refractivity (Wildman–Crippen MR) is 96.0 cm³/mol. The van der Waals surface area contributed by atoms with E-state index in [2.05, 4.69) is 29.4 Å². The van der Waals surface area contributed by atoms with Gasteiger partial charge in [-0.1, -0.05) is 29.8 Å². The Bertz CT molecular complexity index is 772. The summed E-state index contributed by atoms with van der Waals surface area (Å²) in [7, 11) is 0. The van der Waals surface area contributed by atoms with E-state index < -0.39 is 0 Å². The van der Waals surface area contributed by atoms with Crippen molar-refractivity contribution >= 4 is 5.91 Å². The fourth-order valence-corrected chi connectivity index (χ4v) is 3.73. The molecule has 1 atom stereocenters. The highest BCUT2D eigenvalue weighted by Crippen LogP contribution is 2.31. The van der Waals surface area contributed by atoms with Crippen molar-refractivity contribution in [2.24, 2.45) is 0 Å². The van der Waals surface area contributed by atoms with Crippen LogP contribution in [0.5, 0.6) is 0 Å². The second-order valence-corrected chi connectivity index (χ2v) is 7.03. The van der Waals surface area contributed by atoms with Gasteiger partial charge in [-0.15, -0.1) is 0 Å². The molecule has 4 rings (SSSR count). The SMILES string of the molecule is Cc1ccc(CC(=O)N2CCC[C@@H]2c2ncc3c(n2)CCNC3)cc1. The van der Waals surface area contributed by atoms with Crippen LogP contribution in [0.2, 0.25) is 0 Å². The molecule has 1 amide bonds. The maximum absolute atomic E-state index is 12.8. The van der Waals surface area contributed by atoms with E-state index in [1.54, 1.807) is 0 Å². The minimum absolute atomic E-state index is 0.0261. The largest absolute Gasteiger partial charge is 0.332 e. The Labute approximate surface area is 148 Å². The van der Waals surface area contributed by atoms with Gasteiger partial charge in [-0.3, -0.25) is 4.79 Å². The van der Waals surface area contributed by atoms with Crippen LogP contribution >= 0.6 is 0 Å². The van der Waals surface area contributed by atoms with Crippen molar-refractivity contribution in [3.05, 3.63) is 58.7 Å². The van der Waals surface area contributed by atoms with Gasteiger partial charge in [0.15, 0.2) is 5.82 Å². The smallest absolute Gasteiger partial charge is 0.227 e. The number of nitrogens with one attached hydrogen (secondary N) is 1. The molecule has 0 spiro atoms. The Morgan fingerprint density at radius 1 is 1.32 bits per heavy atom. The van der Waals surface area contributed by atoms with Gasteiger partial charge in [-0.25, -0.2) is 9.97 Å². The highest BCUT2D eigenvalue weighted by Gasteiger charge is 2.32. The molecule has 2 aliphatic heterocycles. The van der Waals surface area contributed by atoms with Crippen molar-refractivity contribution < 1.29 is 4.79 Å². The van der Waals surface area contributed by atoms with E-state index in [1.807, 2.05) is 23.2 Å². The average molecular weight is 336 g/mol. The summed E-state index contributed by atoms with van der Waals surface area (Å²) in [5, 5.41) is 3.34. The molecule has 1 aromatic carbocycles. The maximum atomic E-state index is 12.8. The van der Waals surface area contributed by atoms with Gasteiger partial charge in [0.1, 0.15) is 0 Å². The lowest BCUT2D eigenvalue weighted by Gasteiger charge is -2.25. The van der Waals surface area contributed by atoms with Crippen molar-refractivity contribution in [1.29, 1.82) is 0 Å². The Morgan fingerprint density at radius 2 is 2.16 bits per heavy atom. The van der Waals surface area contributed by atoms with Crippen LogP contribution in [0.15, 0.2) is 30.5 Å². The van der Waals surface area contributed by atoms with E-state index in [-0.39, 0.29) is 11.9 Å². The summed E-state index contributed by atoms with van der Waals surface area (Å²) in [6.45, 7) is 4.67. The summed E-state index contributed by atoms with van der Waals surface area (Å²) in [5.41, 5.74) is 4.61. The zero-order valence-corrected chi connectivity index (χ0v) is 14.7. The minimum Gasteiger partial charge on any atom is -0.332 e. The number of aryl methyl sites for hydroxylation is 1. The molecule has 3 heterocycles. The van der Waals surface area contributed by atoms with Crippen molar-refractivity contribution in [3.63, 3.8) is 0 Å². The third-order valence-corrected chi connectivity index (χ3v) is 5.17. The average Bonchev–Trinajstić information content (AvgIpc) is 3.13. The summed E-state index contributed by atoms with van der Waals surface area (Å²) >= 11 is 0. The summed E-state index contributed by atoms with van der Waals surface area (Å²) in [5.74, 6) is 0.991. The van der Waals surface area contributed by atoms with Gasteiger partial charge in [0.05, 0.1) is 12.5 Å². The number of hydrogen-bond acceptors (Lipinski definition) is 4. The molecule has 2 aliphatic rings. The van der Waals surface area contributed by atoms with E-state index >= 15 is 0 Å². The molecule has 0 unspecified atom stereocenters. The number of hydrogen-bond donors (Lipinski definition) is 1. The van der Waals surface area contributed by atoms with Gasteiger partial charge in [-0.2, -0.15) is 0 Å². The Morgan fingerprint density at radius 3 is 3.00 bits per heavy atom. The number of likely N-dealkylation sites (tertiary alicyclic amines) is 1. The fourth-order valence-electron chi connectivity index (χ4n) is 3.73. The van der Waals surface area contributed by atoms with Crippen LogP contribution < -0.4 is 5.32 Å². The Balaban J connectivity index is 1.51. The van der Waals surface area contributed by atoms with Crippen molar-refractivity contribution in [1.82, 2.24) is 20.2 Å². The van der Waals surface area contributed by atoms with Crippen LogP contribution in [0, 0.1) is 6.92 Å². The topological polar surface area (TPSA) is 58.1 Å². The lowest BCUT2D eigenvalue weighted by molar-refractivity contribution is -0.131. The monoisotopic (exact) mass is 336 g/mol. The number of benzene rings is 1. The minimum atomic E-state index is 0.0261. The first-order valence-corrected chi connectivity index (χ1v) is 9.11. The van der Waals surface area contributed by atoms with Crippen LogP contribution in [0.4, 0.5) is 0 Å². The van der Waals surface area contributed by atoms with Gasteiger partial charge < -0.3 is 10.2 Å². The summed E-state index contributed by atoms with van der Waals surface area (Å²) in [6, 6.07) is 8.23. The molecule has 1 N–H and O–H groups in total. The third-order valence-electron chi connectivity index (χ3n) is 5.17. The second kappa shape index (κ2) is 6.92. The molecule has 5 nitrogen and oxygen atoms in total. The first kappa shape index (κ1) is 16.2. The van der Waals surface area contributed by atoms with Crippen LogP contribution in [0.1, 0.15) is 47.1 Å². The van der Waals surface area contributed by atoms with E-state index in [9.17, 15) is 4.79 Å². The van der Waals surface area contributed by atoms with Crippen LogP contribution in [-0.4, -0.2) is 33.9 Å². The van der Waals surface area contributed by atoms with Crippen molar-refractivity contribution in [3.8, 4) is 0 Å². The zero-order chi connectivity index (χ0) is 17.2. The predicted octanol–water partition coefficient (Wildman–Crippen LogP) is 2.34. The van der Waals surface area contributed by atoms with E-state index in [0.29, 0.717) is 6.42 Å². The summed E-state index contributed by atoms with van der Waals surface area (Å²) < 4.78 is 0. The highest BCUT2D eigenvalue weighted by atomic mass is 16.2. The number of aromatic nitrogens is 2. The van der Waals surface area contributed by atoms with Crippen LogP contribution in [0.25, 0.3) is 0 Å². The number of rotatable bonds is 3. The van der Waals surface area contributed by atoms with Gasteiger partial charge in [0.2, 0.25) is 5.91 Å². The van der Waals surface area contributed by atoms with Crippen molar-refractivity contribution in [2.45, 2.75) is 45.2 Å². The number of fused-ring (bicyclic) bond motifs is 1. The quantitative estimate of drug-likeness (QED) is 0.935. The van der Waals surface area contributed by atoms with E-state index in [1.165, 1.54) is 11.1 Å². The molecule has 1 saturated heterocycles. The number of carbonyl (C=O) groups excluding carboxylic acids is 1. The molecule has 1 fully saturated rings. The lowest BCUT2D eigenvalue weighted by atomic mass is 10.1. The van der Waals surface area contributed by atoms with Gasteiger partial charge in [-0.05, 0) is 25.3 Å². The maximum Gasteiger partial charge on any atom is 0.227 e. The molecule has 2 aromatic rings. The first-order valence-electron chi connectivity index (χ1n) is 9.11. The highest BCUT2D eigenvalue weighted by molar-refractivity contribution is 5.79. The molecular weight excluding hydrogens is 312 g/mol. The van der Waals surface area contributed by atoms with E-state index in [4.69, 9.17) is 4.98 Å². The molecule has 1 aromatic heterocycles. The normalized spacial score (nSPS) is 19.7. The summed E-state index contributed by atoms with van der Waals surface area (Å²) in [6.07, 6.45) is 5.30. The Hall–Kier alpha value is -2.27. The molecule has 130 valence electrons. The molecule has 25 heavy (non-hydrogen) atoms. The standard InChI is InChI=1S/C20H24N4O/c1-14-4-6-15(7-5-14)11-19(25)24-10-2-3-18(24)20-22-13-16-12-21-9-8-17(16)23-20/h4-7,13,18,21H,2-3,8-12H2,1H3/t18-/m1/s1. The first-order chi connectivity index (χ1) is 12.2. The van der Waals surface area contributed by atoms with Gasteiger partial charge >= 0.3 is 0 Å². The Kier molecular flexibility index (Phi) is 4.49. The molecule has 0 bridgehead atoms. The molecule has 0 aliphatic carbocycles. The second-order valence-electron chi connectivity index (χ2n) is 7.03. The van der Waals surface area contributed by atoms with E-state index in [0.717, 1.165) is 56.0 Å². The van der Waals surface area contributed by atoms with Crippen LogP contribution in [0.3, 0.4) is 0 Å². The summed E-state index contributed by atoms with van der Waals surface area (Å²) in [4.78, 5) is 24.2. The van der Waals surface area contributed by atoms with Crippen molar-refractivity contribution in [2.75, 3.05) is 13.1 Å². The molecule has 0 saturated carbocycles. The lowest BCUT2D eigenvalue weighted by Crippen LogP contribution is -2.33. The number of amides is 1.